The molecule has 4 aromatic rings. The first-order valence-corrected chi connectivity index (χ1v) is 29.4. The second kappa shape index (κ2) is 31.2. The maximum Gasteiger partial charge on any atom is 0.122 e. The Labute approximate surface area is 477 Å². The van der Waals surface area contributed by atoms with Crippen molar-refractivity contribution in [1.29, 1.82) is 0 Å². The first-order chi connectivity index (χ1) is 37.8. The summed E-state index contributed by atoms with van der Waals surface area (Å²) in [4.78, 5) is 0. The molecule has 0 spiro atoms. The van der Waals surface area contributed by atoms with Gasteiger partial charge in [-0.3, -0.25) is 0 Å². The second-order valence-electron chi connectivity index (χ2n) is 23.8. The molecule has 0 saturated heterocycles. The van der Waals surface area contributed by atoms with Crippen LogP contribution in [0.1, 0.15) is 164 Å². The molecule has 0 radical (unpaired) electrons. The molecule has 0 aliphatic heterocycles. The summed E-state index contributed by atoms with van der Waals surface area (Å²) < 4.78 is 35.4. The van der Waals surface area contributed by atoms with E-state index in [2.05, 4.69) is 116 Å². The monoisotopic (exact) mass is 1080 g/mol. The highest BCUT2D eigenvalue weighted by Crippen LogP contribution is 2.49. The first kappa shape index (κ1) is 64.7. The summed E-state index contributed by atoms with van der Waals surface area (Å²) in [6, 6.07) is 25.4. The van der Waals surface area contributed by atoms with Gasteiger partial charge in [0.1, 0.15) is 42.3 Å². The molecule has 2 aliphatic carbocycles. The van der Waals surface area contributed by atoms with E-state index in [1.807, 2.05) is 62.4 Å². The predicted octanol–water partition coefficient (Wildman–Crippen LogP) is 14.8. The Bertz CT molecular complexity index is 2520. The van der Waals surface area contributed by atoms with Gasteiger partial charge >= 0.3 is 0 Å². The Morgan fingerprint density at radius 3 is 1.05 bits per heavy atom. The molecule has 3 unspecified atom stereocenters. The largest absolute Gasteiger partial charge is 0.496 e. The van der Waals surface area contributed by atoms with Crippen molar-refractivity contribution in [3.05, 3.63) is 168 Å². The zero-order valence-electron chi connectivity index (χ0n) is 50.1. The van der Waals surface area contributed by atoms with Crippen LogP contribution in [0, 0.1) is 17.3 Å². The molecule has 3 N–H and O–H groups in total. The van der Waals surface area contributed by atoms with Crippen LogP contribution in [0.25, 0.3) is 0 Å². The first-order valence-electron chi connectivity index (χ1n) is 29.4. The van der Waals surface area contributed by atoms with Gasteiger partial charge < -0.3 is 43.7 Å². The fourth-order valence-electron chi connectivity index (χ4n) is 11.6. The summed E-state index contributed by atoms with van der Waals surface area (Å²) >= 11 is 0. The van der Waals surface area contributed by atoms with E-state index in [1.165, 1.54) is 47.9 Å². The molecular formula is C70H100O9. The van der Waals surface area contributed by atoms with Gasteiger partial charge in [-0.15, -0.1) is 26.3 Å². The molecule has 79 heavy (non-hydrogen) atoms. The Kier molecular flexibility index (Phi) is 25.5. The maximum atomic E-state index is 10.9. The zero-order valence-corrected chi connectivity index (χ0v) is 50.1. The Morgan fingerprint density at radius 1 is 0.443 bits per heavy atom. The minimum atomic E-state index is -0.699. The lowest BCUT2D eigenvalue weighted by Gasteiger charge is -2.46. The van der Waals surface area contributed by atoms with Crippen molar-refractivity contribution in [3.8, 4) is 23.0 Å². The van der Waals surface area contributed by atoms with Crippen molar-refractivity contribution in [2.75, 3.05) is 40.6 Å². The fraction of sp³-hybridized carbons (Fsp3) is 0.543. The lowest BCUT2D eigenvalue weighted by Crippen LogP contribution is -2.39. The SMILES string of the molecule is C=CCc1cc(C(C)(C)c2ccc(OCC(O)CC)c(CC=C)c2)ccc1OC.C=CCc1cc(C(C)(C)c2ccc(OCC(O)COC3CCC(C(C)(C)C4CCC(OCC(O)CC)CC4)CC3)c(CC=C)c2)ccc1OC. The average molecular weight is 1090 g/mol. The number of allylic oxidation sites excluding steroid dienone is 4. The van der Waals surface area contributed by atoms with Gasteiger partial charge in [0.05, 0.1) is 51.8 Å². The molecule has 2 saturated carbocycles. The molecule has 0 bridgehead atoms. The highest BCUT2D eigenvalue weighted by molar-refractivity contribution is 5.50. The van der Waals surface area contributed by atoms with Crippen LogP contribution in [0.5, 0.6) is 23.0 Å². The fourth-order valence-corrected chi connectivity index (χ4v) is 11.6. The smallest absolute Gasteiger partial charge is 0.122 e. The third kappa shape index (κ3) is 17.9. The van der Waals surface area contributed by atoms with E-state index in [0.717, 1.165) is 90.2 Å². The lowest BCUT2D eigenvalue weighted by atomic mass is 9.60. The minimum absolute atomic E-state index is 0.183. The standard InChI is InChI=1S/C44H66O6.C26H34O3/c1-9-12-31-26-35(18-24-41(31)47-8)44(6,7)36-19-25-42(32(27-36)13-10-2)50-30-38(46)29-49-40-22-16-34(17-23-40)43(4,5)33-14-20-39(21-15-33)48-28-37(45)11-3;1-7-10-19-16-21(12-14-24(19)28-6)26(4,5)22-13-15-25(20(17-22)11-8-2)29-18-23(27)9-3/h9-10,18-19,24-27,33-34,37-40,45-46H,1-2,11-17,20-23,28-30H2,3-8H3;7-8,12-17,23,27H,1-2,9-11,18H2,3-6H3. The number of aliphatic hydroxyl groups is 3. The third-order valence-corrected chi connectivity index (χ3v) is 17.3. The Morgan fingerprint density at radius 2 is 0.734 bits per heavy atom. The summed E-state index contributed by atoms with van der Waals surface area (Å²) in [6.07, 6.45) is 19.9. The summed E-state index contributed by atoms with van der Waals surface area (Å²) in [5.41, 5.74) is 9.05. The van der Waals surface area contributed by atoms with Gasteiger partial charge in [0.15, 0.2) is 0 Å². The lowest BCUT2D eigenvalue weighted by molar-refractivity contribution is -0.0638. The van der Waals surface area contributed by atoms with E-state index in [0.29, 0.717) is 55.8 Å². The topological polar surface area (TPSA) is 116 Å². The van der Waals surface area contributed by atoms with Gasteiger partial charge in [-0.1, -0.05) is 128 Å². The van der Waals surface area contributed by atoms with Crippen LogP contribution in [0.2, 0.25) is 0 Å². The zero-order chi connectivity index (χ0) is 57.8. The molecule has 9 heteroatoms. The van der Waals surface area contributed by atoms with Crippen LogP contribution in [0.3, 0.4) is 0 Å². The van der Waals surface area contributed by atoms with E-state index in [4.69, 9.17) is 28.4 Å². The van der Waals surface area contributed by atoms with E-state index in [9.17, 15) is 15.3 Å². The number of hydrogen-bond donors (Lipinski definition) is 3. The van der Waals surface area contributed by atoms with E-state index < -0.39 is 12.2 Å². The normalized spacial score (nSPS) is 18.9. The van der Waals surface area contributed by atoms with E-state index >= 15 is 0 Å². The van der Waals surface area contributed by atoms with E-state index in [-0.39, 0.29) is 36.3 Å². The molecule has 434 valence electrons. The molecule has 3 atom stereocenters. The highest BCUT2D eigenvalue weighted by atomic mass is 16.5. The number of benzene rings is 4. The van der Waals surface area contributed by atoms with Crippen LogP contribution >= 0.6 is 0 Å². The number of hydrogen-bond acceptors (Lipinski definition) is 9. The van der Waals surface area contributed by atoms with Gasteiger partial charge in [0.25, 0.3) is 0 Å². The molecule has 0 amide bonds. The van der Waals surface area contributed by atoms with Crippen molar-refractivity contribution in [1.82, 2.24) is 0 Å². The van der Waals surface area contributed by atoms with Crippen LogP contribution in [-0.2, 0) is 46.0 Å². The highest BCUT2D eigenvalue weighted by Gasteiger charge is 2.41. The summed E-state index contributed by atoms with van der Waals surface area (Å²) in [6.45, 7) is 34.7. The molecular weight excluding hydrogens is 985 g/mol. The number of aliphatic hydroxyl groups excluding tert-OH is 3. The van der Waals surface area contributed by atoms with Gasteiger partial charge in [-0.25, -0.2) is 0 Å². The summed E-state index contributed by atoms with van der Waals surface area (Å²) in [7, 11) is 3.40. The van der Waals surface area contributed by atoms with Crippen molar-refractivity contribution in [3.63, 3.8) is 0 Å². The molecule has 6 rings (SSSR count). The van der Waals surface area contributed by atoms with Gasteiger partial charge in [0, 0.05) is 10.8 Å². The Hall–Kier alpha value is -5.16. The molecule has 9 nitrogen and oxygen atoms in total. The number of ether oxygens (including phenoxy) is 6. The Balaban J connectivity index is 0.000000336. The van der Waals surface area contributed by atoms with Crippen LogP contribution in [0.4, 0.5) is 0 Å². The quantitative estimate of drug-likeness (QED) is 0.0439. The molecule has 0 heterocycles. The molecule has 0 aromatic heterocycles. The van der Waals surface area contributed by atoms with Crippen molar-refractivity contribution >= 4 is 0 Å². The minimum Gasteiger partial charge on any atom is -0.496 e. The van der Waals surface area contributed by atoms with Crippen molar-refractivity contribution in [2.45, 2.75) is 187 Å². The number of methoxy groups -OCH3 is 2. The predicted molar refractivity (Wildman–Crippen MR) is 326 cm³/mol. The van der Waals surface area contributed by atoms with Crippen LogP contribution in [-0.4, -0.2) is 86.5 Å². The third-order valence-electron chi connectivity index (χ3n) is 17.3. The van der Waals surface area contributed by atoms with Gasteiger partial charge in [-0.2, -0.15) is 0 Å². The van der Waals surface area contributed by atoms with Gasteiger partial charge in [0.2, 0.25) is 0 Å². The number of rotatable bonds is 30. The van der Waals surface area contributed by atoms with Crippen molar-refractivity contribution in [2.24, 2.45) is 17.3 Å². The summed E-state index contributed by atoms with van der Waals surface area (Å²) in [5.74, 6) is 4.74. The molecule has 2 aliphatic rings. The van der Waals surface area contributed by atoms with Crippen LogP contribution in [0.15, 0.2) is 123 Å². The van der Waals surface area contributed by atoms with Crippen molar-refractivity contribution < 1.29 is 43.7 Å². The average Bonchev–Trinajstić information content (AvgIpc) is 3.49. The maximum absolute atomic E-state index is 10.9. The molecule has 4 aromatic carbocycles. The van der Waals surface area contributed by atoms with Crippen LogP contribution < -0.4 is 18.9 Å². The van der Waals surface area contributed by atoms with Gasteiger partial charge in [-0.05, 0) is 176 Å². The molecule has 2 fully saturated rings. The van der Waals surface area contributed by atoms with E-state index in [1.54, 1.807) is 14.2 Å². The second-order valence-corrected chi connectivity index (χ2v) is 23.8. The summed E-state index contributed by atoms with van der Waals surface area (Å²) in [5, 5.41) is 30.5.